The Hall–Kier alpha value is -1.89. The van der Waals surface area contributed by atoms with Crippen molar-refractivity contribution in [3.8, 4) is 0 Å². The Labute approximate surface area is 127 Å². The van der Waals surface area contributed by atoms with Crippen LogP contribution in [0.25, 0.3) is 0 Å². The molecule has 0 fully saturated rings. The van der Waals surface area contributed by atoms with Crippen molar-refractivity contribution in [1.82, 2.24) is 10.2 Å². The van der Waals surface area contributed by atoms with E-state index in [-0.39, 0.29) is 25.0 Å². The van der Waals surface area contributed by atoms with Crippen LogP contribution in [-0.4, -0.2) is 46.9 Å². The van der Waals surface area contributed by atoms with Crippen molar-refractivity contribution in [2.75, 3.05) is 13.1 Å². The highest BCUT2D eigenvalue weighted by Crippen LogP contribution is 2.14. The van der Waals surface area contributed by atoms with Crippen LogP contribution in [0.3, 0.4) is 0 Å². The fraction of sp³-hybridized carbons (Fsp3) is 0.500. The molecule has 0 aromatic carbocycles. The van der Waals surface area contributed by atoms with Crippen LogP contribution in [0.15, 0.2) is 12.1 Å². The van der Waals surface area contributed by atoms with E-state index in [1.807, 2.05) is 19.9 Å². The van der Waals surface area contributed by atoms with E-state index in [2.05, 4.69) is 5.32 Å². The predicted octanol–water partition coefficient (Wildman–Crippen LogP) is 1.50. The molecule has 1 aromatic rings. The van der Waals surface area contributed by atoms with Gasteiger partial charge < -0.3 is 15.3 Å². The second kappa shape index (κ2) is 7.78. The van der Waals surface area contributed by atoms with E-state index in [4.69, 9.17) is 5.11 Å². The number of carboxylic acids is 1. The molecule has 0 radical (unpaired) electrons. The van der Waals surface area contributed by atoms with E-state index in [1.54, 1.807) is 13.0 Å². The number of amides is 2. The van der Waals surface area contributed by atoms with Crippen molar-refractivity contribution in [3.63, 3.8) is 0 Å². The molecular formula is C14H20N2O4S. The molecule has 1 rings (SSSR count). The molecule has 116 valence electrons. The minimum Gasteiger partial charge on any atom is -0.480 e. The fourth-order valence-corrected chi connectivity index (χ4v) is 2.54. The molecule has 2 amide bonds. The Bertz CT molecular complexity index is 527. The summed E-state index contributed by atoms with van der Waals surface area (Å²) in [6.07, 6.45) is 0.650. The Morgan fingerprint density at radius 2 is 2.05 bits per heavy atom. The van der Waals surface area contributed by atoms with Gasteiger partial charge in [-0.3, -0.25) is 14.4 Å². The normalized spacial score (nSPS) is 11.8. The van der Waals surface area contributed by atoms with Gasteiger partial charge in [-0.25, -0.2) is 0 Å². The number of nitrogens with zero attached hydrogens (tertiary/aromatic N) is 1. The number of hydrogen-bond acceptors (Lipinski definition) is 4. The molecule has 0 saturated carbocycles. The van der Waals surface area contributed by atoms with Crippen LogP contribution in [0, 0.1) is 6.92 Å². The van der Waals surface area contributed by atoms with Crippen LogP contribution in [-0.2, 0) is 9.59 Å². The second-order valence-electron chi connectivity index (χ2n) is 4.77. The van der Waals surface area contributed by atoms with Gasteiger partial charge in [-0.2, -0.15) is 0 Å². The number of aliphatic carboxylic acids is 1. The summed E-state index contributed by atoms with van der Waals surface area (Å²) in [5.74, 6) is -1.78. The third-order valence-electron chi connectivity index (χ3n) is 3.11. The Morgan fingerprint density at radius 3 is 2.52 bits per heavy atom. The molecule has 0 aliphatic carbocycles. The molecule has 1 atom stereocenters. The minimum atomic E-state index is -1.07. The van der Waals surface area contributed by atoms with Gasteiger partial charge in [0.2, 0.25) is 5.91 Å². The SMILES string of the molecule is CCC(C)N(CC(=O)O)C(=O)CNC(=O)c1ccc(C)s1. The van der Waals surface area contributed by atoms with E-state index in [9.17, 15) is 14.4 Å². The van der Waals surface area contributed by atoms with E-state index < -0.39 is 11.9 Å². The average Bonchev–Trinajstić information content (AvgIpc) is 2.87. The highest BCUT2D eigenvalue weighted by molar-refractivity contribution is 7.13. The summed E-state index contributed by atoms with van der Waals surface area (Å²) in [5, 5.41) is 11.4. The van der Waals surface area contributed by atoms with Crippen LogP contribution in [0.5, 0.6) is 0 Å². The molecule has 1 heterocycles. The van der Waals surface area contributed by atoms with Crippen molar-refractivity contribution in [2.45, 2.75) is 33.2 Å². The summed E-state index contributed by atoms with van der Waals surface area (Å²) in [4.78, 5) is 37.6. The summed E-state index contributed by atoms with van der Waals surface area (Å²) < 4.78 is 0. The number of carbonyl (C=O) groups excluding carboxylic acids is 2. The van der Waals surface area contributed by atoms with Gasteiger partial charge in [-0.15, -0.1) is 11.3 Å². The second-order valence-corrected chi connectivity index (χ2v) is 6.05. The first kappa shape index (κ1) is 17.2. The topological polar surface area (TPSA) is 86.7 Å². The smallest absolute Gasteiger partial charge is 0.323 e. The van der Waals surface area contributed by atoms with Crippen molar-refractivity contribution in [2.24, 2.45) is 0 Å². The quantitative estimate of drug-likeness (QED) is 0.799. The molecule has 1 aromatic heterocycles. The van der Waals surface area contributed by atoms with Crippen LogP contribution in [0.4, 0.5) is 0 Å². The van der Waals surface area contributed by atoms with Gasteiger partial charge in [0.05, 0.1) is 11.4 Å². The molecule has 2 N–H and O–H groups in total. The number of carbonyl (C=O) groups is 3. The van der Waals surface area contributed by atoms with E-state index in [1.165, 1.54) is 16.2 Å². The number of thiophene rings is 1. The standard InChI is InChI=1S/C14H20N2O4S/c1-4-9(2)16(8-13(18)19)12(17)7-15-14(20)11-6-5-10(3)21-11/h5-6,9H,4,7-8H2,1-3H3,(H,15,20)(H,18,19). The highest BCUT2D eigenvalue weighted by Gasteiger charge is 2.22. The largest absolute Gasteiger partial charge is 0.480 e. The fourth-order valence-electron chi connectivity index (χ4n) is 1.76. The van der Waals surface area contributed by atoms with Gasteiger partial charge in [0.1, 0.15) is 6.54 Å². The maximum atomic E-state index is 12.1. The molecule has 0 aliphatic rings. The van der Waals surface area contributed by atoms with Crippen LogP contribution < -0.4 is 5.32 Å². The van der Waals surface area contributed by atoms with Crippen molar-refractivity contribution >= 4 is 29.1 Å². The third-order valence-corrected chi connectivity index (χ3v) is 4.11. The molecule has 0 aliphatic heterocycles. The van der Waals surface area contributed by atoms with E-state index >= 15 is 0 Å². The van der Waals surface area contributed by atoms with Gasteiger partial charge in [0, 0.05) is 10.9 Å². The first-order valence-corrected chi connectivity index (χ1v) is 7.52. The van der Waals surface area contributed by atoms with Crippen LogP contribution in [0.2, 0.25) is 0 Å². The Balaban J connectivity index is 2.60. The Kier molecular flexibility index (Phi) is 6.36. The maximum absolute atomic E-state index is 12.1. The van der Waals surface area contributed by atoms with Crippen LogP contribution >= 0.6 is 11.3 Å². The molecule has 1 unspecified atom stereocenters. The number of carboxylic acid groups (broad SMARTS) is 1. The zero-order chi connectivity index (χ0) is 16.0. The van der Waals surface area contributed by atoms with Gasteiger partial charge in [0.15, 0.2) is 0 Å². The van der Waals surface area contributed by atoms with Gasteiger partial charge >= 0.3 is 5.97 Å². The summed E-state index contributed by atoms with van der Waals surface area (Å²) in [6, 6.07) is 3.34. The van der Waals surface area contributed by atoms with Crippen molar-refractivity contribution in [1.29, 1.82) is 0 Å². The molecule has 6 nitrogen and oxygen atoms in total. The minimum absolute atomic E-state index is 0.186. The first-order chi connectivity index (χ1) is 9.85. The lowest BCUT2D eigenvalue weighted by Gasteiger charge is -2.27. The van der Waals surface area contributed by atoms with Gasteiger partial charge in [-0.1, -0.05) is 6.92 Å². The number of nitrogens with one attached hydrogen (secondary N) is 1. The molecule has 0 bridgehead atoms. The average molecular weight is 312 g/mol. The monoisotopic (exact) mass is 312 g/mol. The summed E-state index contributed by atoms with van der Waals surface area (Å²) in [7, 11) is 0. The molecule has 7 heteroatoms. The van der Waals surface area contributed by atoms with Crippen LogP contribution in [0.1, 0.15) is 34.8 Å². The van der Waals surface area contributed by atoms with Crippen molar-refractivity contribution < 1.29 is 19.5 Å². The third kappa shape index (κ3) is 5.18. The van der Waals surface area contributed by atoms with Crippen molar-refractivity contribution in [3.05, 3.63) is 21.9 Å². The van der Waals surface area contributed by atoms with E-state index in [0.717, 1.165) is 4.88 Å². The summed E-state index contributed by atoms with van der Waals surface area (Å²) in [6.45, 7) is 4.99. The zero-order valence-corrected chi connectivity index (χ0v) is 13.2. The predicted molar refractivity (Wildman–Crippen MR) is 80.5 cm³/mol. The van der Waals surface area contributed by atoms with Gasteiger partial charge in [-0.05, 0) is 32.4 Å². The number of aryl methyl sites for hydroxylation is 1. The number of rotatable bonds is 7. The first-order valence-electron chi connectivity index (χ1n) is 6.71. The Morgan fingerprint density at radius 1 is 1.38 bits per heavy atom. The number of hydrogen-bond donors (Lipinski definition) is 2. The molecule has 21 heavy (non-hydrogen) atoms. The molecule has 0 saturated heterocycles. The lowest BCUT2D eigenvalue weighted by molar-refractivity contribution is -0.145. The lowest BCUT2D eigenvalue weighted by Crippen LogP contribution is -2.46. The summed E-state index contributed by atoms with van der Waals surface area (Å²) in [5.41, 5.74) is 0. The van der Waals surface area contributed by atoms with Gasteiger partial charge in [0.25, 0.3) is 5.91 Å². The van der Waals surface area contributed by atoms with E-state index in [0.29, 0.717) is 11.3 Å². The lowest BCUT2D eigenvalue weighted by atomic mass is 10.2. The summed E-state index contributed by atoms with van der Waals surface area (Å²) >= 11 is 1.35. The zero-order valence-electron chi connectivity index (χ0n) is 12.4. The maximum Gasteiger partial charge on any atom is 0.323 e. The molecular weight excluding hydrogens is 292 g/mol. The molecule has 0 spiro atoms. The highest BCUT2D eigenvalue weighted by atomic mass is 32.1.